The van der Waals surface area contributed by atoms with Crippen molar-refractivity contribution in [3.8, 4) is 0 Å². The van der Waals surface area contributed by atoms with E-state index in [0.29, 0.717) is 16.5 Å². The number of aromatic nitrogens is 2. The van der Waals surface area contributed by atoms with E-state index in [4.69, 9.17) is 4.98 Å². The zero-order valence-electron chi connectivity index (χ0n) is 13.3. The molecule has 0 bridgehead atoms. The van der Waals surface area contributed by atoms with E-state index in [-0.39, 0.29) is 22.8 Å². The van der Waals surface area contributed by atoms with Crippen molar-refractivity contribution in [2.45, 2.75) is 57.9 Å². The van der Waals surface area contributed by atoms with Crippen molar-refractivity contribution in [2.75, 3.05) is 0 Å². The SMILES string of the molecule is CC(=O)c1cc(C)cc2c(=O)n3c(nc12)C1(CCC1)C[C@@H]3C. The van der Waals surface area contributed by atoms with Crippen LogP contribution in [0.4, 0.5) is 0 Å². The van der Waals surface area contributed by atoms with Gasteiger partial charge in [-0.2, -0.15) is 0 Å². The van der Waals surface area contributed by atoms with E-state index < -0.39 is 0 Å². The first-order valence-corrected chi connectivity index (χ1v) is 8.01. The van der Waals surface area contributed by atoms with E-state index in [2.05, 4.69) is 6.92 Å². The van der Waals surface area contributed by atoms with Crippen molar-refractivity contribution < 1.29 is 4.79 Å². The summed E-state index contributed by atoms with van der Waals surface area (Å²) in [5.74, 6) is 0.884. The maximum absolute atomic E-state index is 13.0. The lowest BCUT2D eigenvalue weighted by molar-refractivity contribution is 0.101. The van der Waals surface area contributed by atoms with Crippen molar-refractivity contribution in [1.29, 1.82) is 0 Å². The molecule has 2 aliphatic rings. The van der Waals surface area contributed by atoms with Gasteiger partial charge in [0.15, 0.2) is 5.78 Å². The fourth-order valence-electron chi connectivity index (χ4n) is 4.28. The number of aryl methyl sites for hydroxylation is 1. The summed E-state index contributed by atoms with van der Waals surface area (Å²) < 4.78 is 1.88. The average molecular weight is 296 g/mol. The highest BCUT2D eigenvalue weighted by atomic mass is 16.1. The summed E-state index contributed by atoms with van der Waals surface area (Å²) >= 11 is 0. The van der Waals surface area contributed by atoms with Crippen molar-refractivity contribution in [3.63, 3.8) is 0 Å². The van der Waals surface area contributed by atoms with Crippen LogP contribution in [0.1, 0.15) is 67.3 Å². The van der Waals surface area contributed by atoms with E-state index in [9.17, 15) is 9.59 Å². The molecule has 1 aromatic heterocycles. The summed E-state index contributed by atoms with van der Waals surface area (Å²) in [6.07, 6.45) is 4.42. The largest absolute Gasteiger partial charge is 0.294 e. The molecule has 0 saturated heterocycles. The van der Waals surface area contributed by atoms with Crippen LogP contribution in [-0.2, 0) is 5.41 Å². The molecule has 114 valence electrons. The molecule has 0 N–H and O–H groups in total. The first-order valence-electron chi connectivity index (χ1n) is 8.01. The average Bonchev–Trinajstić information content (AvgIpc) is 2.72. The fourth-order valence-corrected chi connectivity index (χ4v) is 4.28. The van der Waals surface area contributed by atoms with Crippen LogP contribution in [0.25, 0.3) is 10.9 Å². The van der Waals surface area contributed by atoms with Crippen molar-refractivity contribution in [1.82, 2.24) is 9.55 Å². The van der Waals surface area contributed by atoms with Gasteiger partial charge < -0.3 is 0 Å². The van der Waals surface area contributed by atoms with Crippen LogP contribution < -0.4 is 5.56 Å². The smallest absolute Gasteiger partial charge is 0.261 e. The van der Waals surface area contributed by atoms with Gasteiger partial charge in [0.05, 0.1) is 10.9 Å². The number of rotatable bonds is 1. The molecule has 1 spiro atoms. The molecule has 4 rings (SSSR count). The third kappa shape index (κ3) is 1.61. The van der Waals surface area contributed by atoms with Crippen LogP contribution >= 0.6 is 0 Å². The van der Waals surface area contributed by atoms with Crippen LogP contribution in [0.2, 0.25) is 0 Å². The zero-order valence-corrected chi connectivity index (χ0v) is 13.3. The van der Waals surface area contributed by atoms with Gasteiger partial charge in [-0.05, 0) is 57.7 Å². The van der Waals surface area contributed by atoms with Crippen molar-refractivity contribution in [3.05, 3.63) is 39.4 Å². The zero-order chi connectivity index (χ0) is 15.6. The molecule has 1 aromatic carbocycles. The minimum Gasteiger partial charge on any atom is -0.294 e. The van der Waals surface area contributed by atoms with Crippen LogP contribution in [-0.4, -0.2) is 15.3 Å². The number of fused-ring (bicyclic) bond motifs is 3. The molecule has 1 aliphatic carbocycles. The number of ketones is 1. The lowest BCUT2D eigenvalue weighted by atomic mass is 9.67. The second-order valence-electron chi connectivity index (χ2n) is 7.06. The van der Waals surface area contributed by atoms with Gasteiger partial charge in [0.2, 0.25) is 0 Å². The number of carbonyl (C=O) groups is 1. The molecule has 0 amide bonds. The second kappa shape index (κ2) is 4.28. The minimum absolute atomic E-state index is 0.0162. The highest BCUT2D eigenvalue weighted by Gasteiger charge is 2.48. The van der Waals surface area contributed by atoms with E-state index in [1.54, 1.807) is 6.92 Å². The molecule has 1 saturated carbocycles. The first-order chi connectivity index (χ1) is 10.4. The highest BCUT2D eigenvalue weighted by Crippen LogP contribution is 2.52. The number of benzene rings is 1. The van der Waals surface area contributed by atoms with E-state index >= 15 is 0 Å². The van der Waals surface area contributed by atoms with E-state index in [1.165, 1.54) is 6.42 Å². The molecule has 22 heavy (non-hydrogen) atoms. The van der Waals surface area contributed by atoms with Crippen molar-refractivity contribution in [2.24, 2.45) is 0 Å². The fraction of sp³-hybridized carbons (Fsp3) is 0.500. The highest BCUT2D eigenvalue weighted by molar-refractivity contribution is 6.05. The quantitative estimate of drug-likeness (QED) is 0.759. The van der Waals surface area contributed by atoms with Gasteiger partial charge in [-0.3, -0.25) is 14.2 Å². The summed E-state index contributed by atoms with van der Waals surface area (Å²) in [5.41, 5.74) is 2.19. The maximum atomic E-state index is 13.0. The summed E-state index contributed by atoms with van der Waals surface area (Å²) in [5, 5.41) is 0.581. The van der Waals surface area contributed by atoms with Crippen LogP contribution in [0, 0.1) is 6.92 Å². The predicted molar refractivity (Wildman–Crippen MR) is 85.6 cm³/mol. The Morgan fingerprint density at radius 2 is 2.09 bits per heavy atom. The topological polar surface area (TPSA) is 52.0 Å². The van der Waals surface area contributed by atoms with Gasteiger partial charge in [0.1, 0.15) is 5.82 Å². The summed E-state index contributed by atoms with van der Waals surface area (Å²) in [6.45, 7) is 5.57. The normalized spacial score (nSPS) is 21.9. The molecule has 1 aliphatic heterocycles. The number of hydrogen-bond acceptors (Lipinski definition) is 3. The van der Waals surface area contributed by atoms with Crippen molar-refractivity contribution >= 4 is 16.7 Å². The Bertz CT molecular complexity index is 875. The molecule has 1 fully saturated rings. The Labute approximate surface area is 129 Å². The van der Waals surface area contributed by atoms with Gasteiger partial charge >= 0.3 is 0 Å². The monoisotopic (exact) mass is 296 g/mol. The molecule has 0 unspecified atom stereocenters. The molecule has 1 atom stereocenters. The van der Waals surface area contributed by atoms with E-state index in [0.717, 1.165) is 30.7 Å². The molecule has 0 radical (unpaired) electrons. The predicted octanol–water partition coefficient (Wildman–Crippen LogP) is 3.29. The summed E-state index contributed by atoms with van der Waals surface area (Å²) in [7, 11) is 0. The Hall–Kier alpha value is -1.97. The van der Waals surface area contributed by atoms with Gasteiger partial charge in [-0.15, -0.1) is 0 Å². The Morgan fingerprint density at radius 3 is 2.68 bits per heavy atom. The molecular formula is C18H20N2O2. The standard InChI is InChI=1S/C18H20N2O2/c1-10-7-13(12(3)21)15-14(8-10)16(22)20-11(2)9-18(5-4-6-18)17(20)19-15/h7-8,11H,4-6,9H2,1-3H3/t11-/m0/s1. The summed E-state index contributed by atoms with van der Waals surface area (Å²) in [4.78, 5) is 29.8. The molecule has 4 nitrogen and oxygen atoms in total. The van der Waals surface area contributed by atoms with Crippen LogP contribution in [0.15, 0.2) is 16.9 Å². The Balaban J connectivity index is 2.13. The molecular weight excluding hydrogens is 276 g/mol. The van der Waals surface area contributed by atoms with Crippen LogP contribution in [0.5, 0.6) is 0 Å². The molecule has 2 aromatic rings. The van der Waals surface area contributed by atoms with Gasteiger partial charge in [-0.25, -0.2) is 4.98 Å². The van der Waals surface area contributed by atoms with Gasteiger partial charge in [0, 0.05) is 17.0 Å². The second-order valence-corrected chi connectivity index (χ2v) is 7.06. The van der Waals surface area contributed by atoms with E-state index in [1.807, 2.05) is 23.6 Å². The third-order valence-corrected chi connectivity index (χ3v) is 5.44. The Morgan fingerprint density at radius 1 is 1.36 bits per heavy atom. The number of carbonyl (C=O) groups excluding carboxylic acids is 1. The molecule has 4 heteroatoms. The number of Topliss-reactive ketones (excluding diaryl/α,β-unsaturated/α-hetero) is 1. The summed E-state index contributed by atoms with van der Waals surface area (Å²) in [6, 6.07) is 3.91. The maximum Gasteiger partial charge on any atom is 0.261 e. The first kappa shape index (κ1) is 13.7. The van der Waals surface area contributed by atoms with Crippen LogP contribution in [0.3, 0.4) is 0 Å². The minimum atomic E-state index is -0.0285. The number of nitrogens with zero attached hydrogens (tertiary/aromatic N) is 2. The number of hydrogen-bond donors (Lipinski definition) is 0. The van der Waals surface area contributed by atoms with Gasteiger partial charge in [-0.1, -0.05) is 6.42 Å². The van der Waals surface area contributed by atoms with Gasteiger partial charge in [0.25, 0.3) is 5.56 Å². The Kier molecular flexibility index (Phi) is 2.66. The third-order valence-electron chi connectivity index (χ3n) is 5.44. The lowest BCUT2D eigenvalue weighted by Gasteiger charge is -2.37. The molecule has 2 heterocycles. The lowest BCUT2D eigenvalue weighted by Crippen LogP contribution is -2.34.